The van der Waals surface area contributed by atoms with E-state index in [4.69, 9.17) is 4.74 Å². The molecule has 0 bridgehead atoms. The summed E-state index contributed by atoms with van der Waals surface area (Å²) in [5.41, 5.74) is 1.82. The van der Waals surface area contributed by atoms with Gasteiger partial charge in [0.15, 0.2) is 0 Å². The Labute approximate surface area is 112 Å². The summed E-state index contributed by atoms with van der Waals surface area (Å²) in [5.74, 6) is 1.61. The van der Waals surface area contributed by atoms with Crippen LogP contribution in [0.15, 0.2) is 22.7 Å². The van der Waals surface area contributed by atoms with E-state index < -0.39 is 0 Å². The molecular weight excluding hydrogens is 278 g/mol. The van der Waals surface area contributed by atoms with Crippen molar-refractivity contribution >= 4 is 15.9 Å². The highest BCUT2D eigenvalue weighted by molar-refractivity contribution is 9.10. The van der Waals surface area contributed by atoms with Gasteiger partial charge in [-0.15, -0.1) is 0 Å². The first-order chi connectivity index (χ1) is 8.07. The van der Waals surface area contributed by atoms with E-state index in [1.807, 2.05) is 6.07 Å². The summed E-state index contributed by atoms with van der Waals surface area (Å²) in [5, 5.41) is 3.40. The lowest BCUT2D eigenvalue weighted by atomic mass is 9.68. The Kier molecular flexibility index (Phi) is 3.79. The fraction of sp³-hybridized carbons (Fsp3) is 0.571. The molecule has 1 aromatic carbocycles. The normalized spacial score (nSPS) is 17.9. The predicted molar refractivity (Wildman–Crippen MR) is 74.5 cm³/mol. The smallest absolute Gasteiger partial charge is 0.133 e. The van der Waals surface area contributed by atoms with Crippen molar-refractivity contribution in [3.05, 3.63) is 28.2 Å². The molecule has 1 fully saturated rings. The van der Waals surface area contributed by atoms with Crippen molar-refractivity contribution in [3.8, 4) is 5.75 Å². The minimum Gasteiger partial charge on any atom is -0.496 e. The fourth-order valence-corrected chi connectivity index (χ4v) is 3.00. The molecule has 0 saturated carbocycles. The third kappa shape index (κ3) is 2.50. The summed E-state index contributed by atoms with van der Waals surface area (Å²) < 4.78 is 6.30. The lowest BCUT2D eigenvalue weighted by Gasteiger charge is -2.46. The molecule has 1 heterocycles. The summed E-state index contributed by atoms with van der Waals surface area (Å²) in [6.07, 6.45) is 1.14. The molecule has 0 spiro atoms. The summed E-state index contributed by atoms with van der Waals surface area (Å²) in [6.45, 7) is 6.90. The quantitative estimate of drug-likeness (QED) is 0.921. The molecule has 0 aromatic heterocycles. The molecule has 1 saturated heterocycles. The molecule has 0 aliphatic carbocycles. The van der Waals surface area contributed by atoms with Crippen LogP contribution in [0.25, 0.3) is 0 Å². The van der Waals surface area contributed by atoms with Gasteiger partial charge in [0.25, 0.3) is 0 Å². The minimum absolute atomic E-state index is 0.439. The summed E-state index contributed by atoms with van der Waals surface area (Å²) in [4.78, 5) is 0. The number of benzene rings is 1. The van der Waals surface area contributed by atoms with Crippen molar-refractivity contribution in [1.29, 1.82) is 0 Å². The monoisotopic (exact) mass is 297 g/mol. The van der Waals surface area contributed by atoms with Gasteiger partial charge >= 0.3 is 0 Å². The molecule has 1 aliphatic rings. The zero-order valence-corrected chi connectivity index (χ0v) is 12.3. The molecular formula is C14H20BrNO. The zero-order valence-electron chi connectivity index (χ0n) is 10.7. The SMILES string of the molecule is COc1ccc(CC2(C(C)C)CNC2)cc1Br. The Balaban J connectivity index is 2.16. The summed E-state index contributed by atoms with van der Waals surface area (Å²) in [7, 11) is 1.70. The molecule has 0 atom stereocenters. The standard InChI is InChI=1S/C14H20BrNO/c1-10(2)14(8-16-9-14)7-11-4-5-13(17-3)12(15)6-11/h4-6,10,16H,7-9H2,1-3H3. The fourth-order valence-electron chi connectivity index (χ4n) is 2.41. The van der Waals surface area contributed by atoms with Gasteiger partial charge in [0.2, 0.25) is 0 Å². The lowest BCUT2D eigenvalue weighted by molar-refractivity contribution is 0.0994. The van der Waals surface area contributed by atoms with E-state index in [0.717, 1.165) is 29.7 Å². The van der Waals surface area contributed by atoms with Gasteiger partial charge < -0.3 is 10.1 Å². The van der Waals surface area contributed by atoms with Crippen LogP contribution >= 0.6 is 15.9 Å². The third-order valence-corrected chi connectivity index (χ3v) is 4.57. The van der Waals surface area contributed by atoms with Crippen LogP contribution in [-0.4, -0.2) is 20.2 Å². The molecule has 1 aromatic rings. The molecule has 3 heteroatoms. The minimum atomic E-state index is 0.439. The van der Waals surface area contributed by atoms with Crippen LogP contribution in [0.2, 0.25) is 0 Å². The zero-order chi connectivity index (χ0) is 12.5. The van der Waals surface area contributed by atoms with Gasteiger partial charge in [-0.2, -0.15) is 0 Å². The first-order valence-electron chi connectivity index (χ1n) is 6.10. The highest BCUT2D eigenvalue weighted by Crippen LogP contribution is 2.37. The van der Waals surface area contributed by atoms with Crippen LogP contribution < -0.4 is 10.1 Å². The average molecular weight is 298 g/mol. The first kappa shape index (κ1) is 12.9. The molecule has 94 valence electrons. The maximum Gasteiger partial charge on any atom is 0.133 e. The van der Waals surface area contributed by atoms with Gasteiger partial charge in [-0.1, -0.05) is 19.9 Å². The van der Waals surface area contributed by atoms with Gasteiger partial charge in [-0.3, -0.25) is 0 Å². The number of nitrogens with one attached hydrogen (secondary N) is 1. The molecule has 1 N–H and O–H groups in total. The van der Waals surface area contributed by atoms with Crippen LogP contribution in [0.4, 0.5) is 0 Å². The predicted octanol–water partition coefficient (Wildman–Crippen LogP) is 3.25. The van der Waals surface area contributed by atoms with Crippen LogP contribution in [-0.2, 0) is 6.42 Å². The Morgan fingerprint density at radius 3 is 2.53 bits per heavy atom. The molecule has 0 amide bonds. The lowest BCUT2D eigenvalue weighted by Crippen LogP contribution is -2.57. The van der Waals surface area contributed by atoms with Crippen molar-refractivity contribution < 1.29 is 4.74 Å². The van der Waals surface area contributed by atoms with Crippen molar-refractivity contribution in [2.75, 3.05) is 20.2 Å². The van der Waals surface area contributed by atoms with Crippen molar-refractivity contribution in [2.24, 2.45) is 11.3 Å². The Morgan fingerprint density at radius 1 is 1.41 bits per heavy atom. The molecule has 17 heavy (non-hydrogen) atoms. The number of hydrogen-bond donors (Lipinski definition) is 1. The number of halogens is 1. The van der Waals surface area contributed by atoms with Gasteiger partial charge in [-0.25, -0.2) is 0 Å². The third-order valence-electron chi connectivity index (χ3n) is 3.95. The van der Waals surface area contributed by atoms with Gasteiger partial charge in [0, 0.05) is 18.5 Å². The van der Waals surface area contributed by atoms with Gasteiger partial charge in [-0.05, 0) is 46.0 Å². The highest BCUT2D eigenvalue weighted by Gasteiger charge is 2.39. The molecule has 2 rings (SSSR count). The maximum atomic E-state index is 5.26. The topological polar surface area (TPSA) is 21.3 Å². The second-order valence-electron chi connectivity index (χ2n) is 5.27. The number of rotatable bonds is 4. The van der Waals surface area contributed by atoms with E-state index in [0.29, 0.717) is 11.3 Å². The van der Waals surface area contributed by atoms with Gasteiger partial charge in [0.1, 0.15) is 5.75 Å². The van der Waals surface area contributed by atoms with E-state index in [1.165, 1.54) is 5.56 Å². The highest BCUT2D eigenvalue weighted by atomic mass is 79.9. The van der Waals surface area contributed by atoms with E-state index in [-0.39, 0.29) is 0 Å². The Bertz CT molecular complexity index is 399. The van der Waals surface area contributed by atoms with Crippen molar-refractivity contribution in [3.63, 3.8) is 0 Å². The van der Waals surface area contributed by atoms with E-state index in [2.05, 4.69) is 47.2 Å². The summed E-state index contributed by atoms with van der Waals surface area (Å²) in [6, 6.07) is 6.40. The van der Waals surface area contributed by atoms with Crippen molar-refractivity contribution in [2.45, 2.75) is 20.3 Å². The molecule has 0 unspecified atom stereocenters. The van der Waals surface area contributed by atoms with Crippen LogP contribution in [0.3, 0.4) is 0 Å². The van der Waals surface area contributed by atoms with E-state index >= 15 is 0 Å². The number of ether oxygens (including phenoxy) is 1. The average Bonchev–Trinajstić information content (AvgIpc) is 2.23. The number of hydrogen-bond acceptors (Lipinski definition) is 2. The van der Waals surface area contributed by atoms with E-state index in [1.54, 1.807) is 7.11 Å². The first-order valence-corrected chi connectivity index (χ1v) is 6.90. The Hall–Kier alpha value is -0.540. The summed E-state index contributed by atoms with van der Waals surface area (Å²) >= 11 is 3.55. The van der Waals surface area contributed by atoms with Gasteiger partial charge in [0.05, 0.1) is 11.6 Å². The number of methoxy groups -OCH3 is 1. The second kappa shape index (κ2) is 4.99. The maximum absolute atomic E-state index is 5.26. The Morgan fingerprint density at radius 2 is 2.12 bits per heavy atom. The van der Waals surface area contributed by atoms with Crippen LogP contribution in [0.5, 0.6) is 5.75 Å². The molecule has 2 nitrogen and oxygen atoms in total. The molecule has 0 radical (unpaired) electrons. The molecule has 1 aliphatic heterocycles. The van der Waals surface area contributed by atoms with Crippen LogP contribution in [0, 0.1) is 11.3 Å². The van der Waals surface area contributed by atoms with E-state index in [9.17, 15) is 0 Å². The largest absolute Gasteiger partial charge is 0.496 e. The van der Waals surface area contributed by atoms with Crippen molar-refractivity contribution in [1.82, 2.24) is 5.32 Å². The second-order valence-corrected chi connectivity index (χ2v) is 6.12. The van der Waals surface area contributed by atoms with Crippen LogP contribution in [0.1, 0.15) is 19.4 Å².